The van der Waals surface area contributed by atoms with E-state index in [4.69, 9.17) is 24.7 Å². The maximum atomic E-state index is 11.3. The number of hydrogen-bond donors (Lipinski definition) is 3. The third kappa shape index (κ3) is 9.64. The molecule has 198 valence electrons. The minimum absolute atomic E-state index is 0.0365. The van der Waals surface area contributed by atoms with E-state index in [2.05, 4.69) is 4.90 Å². The van der Waals surface area contributed by atoms with E-state index in [1.165, 1.54) is 12.1 Å². The second-order valence-corrected chi connectivity index (χ2v) is 8.39. The molecule has 1 unspecified atom stereocenters. The van der Waals surface area contributed by atoms with Gasteiger partial charge in [-0.05, 0) is 42.0 Å². The highest BCUT2D eigenvalue weighted by Gasteiger charge is 2.15. The predicted molar refractivity (Wildman–Crippen MR) is 139 cm³/mol. The molecule has 0 saturated heterocycles. The number of aromatic hydroxyl groups is 1. The largest absolute Gasteiger partial charge is 0.507 e. The molecule has 0 aromatic heterocycles. The molecule has 9 nitrogen and oxygen atoms in total. The van der Waals surface area contributed by atoms with E-state index in [9.17, 15) is 15.0 Å². The summed E-state index contributed by atoms with van der Waals surface area (Å²) in [5.41, 5.74) is 6.36. The van der Waals surface area contributed by atoms with Crippen LogP contribution in [0.1, 0.15) is 15.9 Å². The van der Waals surface area contributed by atoms with E-state index in [-0.39, 0.29) is 17.9 Å². The smallest absolute Gasteiger partial charge is 0.252 e. The van der Waals surface area contributed by atoms with Crippen molar-refractivity contribution in [2.45, 2.75) is 12.6 Å². The minimum atomic E-state index is -0.736. The topological polar surface area (TPSA) is 124 Å². The average molecular weight is 511 g/mol. The Hall–Kier alpha value is -3.79. The zero-order valence-electron chi connectivity index (χ0n) is 20.9. The van der Waals surface area contributed by atoms with Crippen molar-refractivity contribution in [2.24, 2.45) is 5.73 Å². The molecule has 4 N–H and O–H groups in total. The minimum Gasteiger partial charge on any atom is -0.507 e. The molecule has 3 rings (SSSR count). The molecule has 1 amide bonds. The molecule has 0 bridgehead atoms. The van der Waals surface area contributed by atoms with Gasteiger partial charge >= 0.3 is 0 Å². The second-order valence-electron chi connectivity index (χ2n) is 8.39. The number of aliphatic hydroxyl groups is 1. The second kappa shape index (κ2) is 14.7. The van der Waals surface area contributed by atoms with Gasteiger partial charge in [0.1, 0.15) is 48.9 Å². The predicted octanol–water partition coefficient (Wildman–Crippen LogP) is 2.84. The first-order valence-electron chi connectivity index (χ1n) is 12.0. The Balaban J connectivity index is 1.52. The molecule has 0 fully saturated rings. The maximum Gasteiger partial charge on any atom is 0.252 e. The summed E-state index contributed by atoms with van der Waals surface area (Å²) in [7, 11) is 1.62. The van der Waals surface area contributed by atoms with Gasteiger partial charge in [0, 0.05) is 32.8 Å². The van der Waals surface area contributed by atoms with Crippen molar-refractivity contribution in [2.75, 3.05) is 46.6 Å². The van der Waals surface area contributed by atoms with E-state index in [1.54, 1.807) is 25.3 Å². The fourth-order valence-corrected chi connectivity index (χ4v) is 3.60. The number of benzene rings is 3. The first kappa shape index (κ1) is 27.8. The Labute approximate surface area is 216 Å². The summed E-state index contributed by atoms with van der Waals surface area (Å²) in [6.07, 6.45) is -0.736. The lowest BCUT2D eigenvalue weighted by atomic mass is 10.2. The standard InChI is InChI=1S/C28H34N2O7/c1-34-15-16-36-23-7-9-24(10-8-23)37-20-22(31)19-30(18-21-5-3-2-4-6-21)13-14-35-25-11-12-26(28(29)33)27(32)17-25/h2-12,17,22,31-32H,13-16,18-20H2,1H3,(H2,29,33). The Morgan fingerprint density at radius 1 is 0.892 bits per heavy atom. The first-order chi connectivity index (χ1) is 17.9. The summed E-state index contributed by atoms with van der Waals surface area (Å²) in [4.78, 5) is 13.4. The van der Waals surface area contributed by atoms with Crippen molar-refractivity contribution in [3.8, 4) is 23.0 Å². The molecule has 9 heteroatoms. The zero-order chi connectivity index (χ0) is 26.5. The molecule has 3 aromatic carbocycles. The number of nitrogens with two attached hydrogens (primary N) is 1. The molecule has 37 heavy (non-hydrogen) atoms. The molecule has 1 atom stereocenters. The number of methoxy groups -OCH3 is 1. The van der Waals surface area contributed by atoms with Crippen molar-refractivity contribution < 1.29 is 34.0 Å². The number of carbonyl (C=O) groups excluding carboxylic acids is 1. The van der Waals surface area contributed by atoms with Crippen LogP contribution in [-0.4, -0.2) is 73.8 Å². The first-order valence-corrected chi connectivity index (χ1v) is 12.0. The van der Waals surface area contributed by atoms with Crippen molar-refractivity contribution in [1.82, 2.24) is 4.90 Å². The highest BCUT2D eigenvalue weighted by atomic mass is 16.5. The summed E-state index contributed by atoms with van der Waals surface area (Å²) >= 11 is 0. The van der Waals surface area contributed by atoms with Crippen LogP contribution in [0.5, 0.6) is 23.0 Å². The molecule has 0 radical (unpaired) electrons. The van der Waals surface area contributed by atoms with Gasteiger partial charge in [-0.1, -0.05) is 30.3 Å². The van der Waals surface area contributed by atoms with Gasteiger partial charge in [-0.2, -0.15) is 0 Å². The number of hydrogen-bond acceptors (Lipinski definition) is 8. The maximum absolute atomic E-state index is 11.3. The van der Waals surface area contributed by atoms with E-state index >= 15 is 0 Å². The van der Waals surface area contributed by atoms with Gasteiger partial charge in [0.15, 0.2) is 0 Å². The lowest BCUT2D eigenvalue weighted by Crippen LogP contribution is -2.37. The molecular formula is C28H34N2O7. The van der Waals surface area contributed by atoms with Crippen molar-refractivity contribution in [3.05, 3.63) is 83.9 Å². The monoisotopic (exact) mass is 510 g/mol. The van der Waals surface area contributed by atoms with Crippen LogP contribution in [0.15, 0.2) is 72.8 Å². The highest BCUT2D eigenvalue weighted by molar-refractivity contribution is 5.95. The van der Waals surface area contributed by atoms with Gasteiger partial charge in [0.05, 0.1) is 12.2 Å². The van der Waals surface area contributed by atoms with E-state index in [1.807, 2.05) is 42.5 Å². The summed E-state index contributed by atoms with van der Waals surface area (Å²) < 4.78 is 22.0. The molecule has 0 aliphatic carbocycles. The van der Waals surface area contributed by atoms with Crippen LogP contribution in [-0.2, 0) is 11.3 Å². The van der Waals surface area contributed by atoms with Crippen LogP contribution in [0.4, 0.5) is 0 Å². The SMILES string of the molecule is COCCOc1ccc(OCC(O)CN(CCOc2ccc(C(N)=O)c(O)c2)Cc2ccccc2)cc1. The Bertz CT molecular complexity index is 1090. The van der Waals surface area contributed by atoms with Gasteiger partial charge in [0.25, 0.3) is 5.91 Å². The van der Waals surface area contributed by atoms with E-state index in [0.29, 0.717) is 51.0 Å². The number of carbonyl (C=O) groups is 1. The van der Waals surface area contributed by atoms with Gasteiger partial charge in [-0.15, -0.1) is 0 Å². The number of primary amides is 1. The fourth-order valence-electron chi connectivity index (χ4n) is 3.60. The Morgan fingerprint density at radius 3 is 2.19 bits per heavy atom. The van der Waals surface area contributed by atoms with Crippen LogP contribution in [0.3, 0.4) is 0 Å². The molecule has 0 heterocycles. The van der Waals surface area contributed by atoms with Crippen LogP contribution < -0.4 is 19.9 Å². The third-order valence-electron chi connectivity index (χ3n) is 5.45. The lowest BCUT2D eigenvalue weighted by Gasteiger charge is -2.25. The van der Waals surface area contributed by atoms with E-state index in [0.717, 1.165) is 11.3 Å². The fraction of sp³-hybridized carbons (Fsp3) is 0.321. The molecule has 3 aromatic rings. The van der Waals surface area contributed by atoms with Crippen LogP contribution >= 0.6 is 0 Å². The van der Waals surface area contributed by atoms with Crippen LogP contribution in [0.2, 0.25) is 0 Å². The summed E-state index contributed by atoms with van der Waals surface area (Å²) in [6, 6.07) is 21.5. The normalized spacial score (nSPS) is 11.8. The van der Waals surface area contributed by atoms with Gasteiger partial charge in [0.2, 0.25) is 0 Å². The van der Waals surface area contributed by atoms with Crippen molar-refractivity contribution in [3.63, 3.8) is 0 Å². The van der Waals surface area contributed by atoms with Gasteiger partial charge < -0.3 is 34.9 Å². The third-order valence-corrected chi connectivity index (χ3v) is 5.45. The van der Waals surface area contributed by atoms with Crippen LogP contribution in [0, 0.1) is 0 Å². The number of amides is 1. The Morgan fingerprint density at radius 2 is 1.54 bits per heavy atom. The molecule has 0 aliphatic rings. The van der Waals surface area contributed by atoms with Crippen molar-refractivity contribution in [1.29, 1.82) is 0 Å². The summed E-state index contributed by atoms with van der Waals surface area (Å²) in [5.74, 6) is 0.835. The number of aliphatic hydroxyl groups excluding tert-OH is 1. The average Bonchev–Trinajstić information content (AvgIpc) is 2.89. The molecule has 0 saturated carbocycles. The van der Waals surface area contributed by atoms with Crippen molar-refractivity contribution >= 4 is 5.91 Å². The summed E-state index contributed by atoms with van der Waals surface area (Å²) in [6.45, 7) is 2.90. The Kier molecular flexibility index (Phi) is 11.0. The van der Waals surface area contributed by atoms with Gasteiger partial charge in [-0.3, -0.25) is 9.69 Å². The number of phenols is 1. The van der Waals surface area contributed by atoms with Gasteiger partial charge in [-0.25, -0.2) is 0 Å². The quantitative estimate of drug-likeness (QED) is 0.251. The molecule has 0 aliphatic heterocycles. The highest BCUT2D eigenvalue weighted by Crippen LogP contribution is 2.23. The van der Waals surface area contributed by atoms with E-state index < -0.39 is 12.0 Å². The zero-order valence-corrected chi connectivity index (χ0v) is 20.9. The lowest BCUT2D eigenvalue weighted by molar-refractivity contribution is 0.0604. The number of nitrogens with zero attached hydrogens (tertiary/aromatic N) is 1. The molecular weight excluding hydrogens is 476 g/mol. The number of rotatable bonds is 16. The number of ether oxygens (including phenoxy) is 4. The molecule has 0 spiro atoms. The summed E-state index contributed by atoms with van der Waals surface area (Å²) in [5, 5.41) is 20.6. The van der Waals surface area contributed by atoms with Crippen LogP contribution in [0.25, 0.3) is 0 Å².